The molecule has 2 atom stereocenters. The Bertz CT molecular complexity index is 337. The molecule has 2 unspecified atom stereocenters. The molecule has 1 fully saturated rings. The van der Waals surface area contributed by atoms with Crippen LogP contribution in [-0.2, 0) is 6.54 Å². The predicted molar refractivity (Wildman–Crippen MR) is 75.4 cm³/mol. The Morgan fingerprint density at radius 1 is 1.22 bits per heavy atom. The molecule has 0 aliphatic heterocycles. The summed E-state index contributed by atoms with van der Waals surface area (Å²) in [7, 11) is 0. The standard InChI is InChI=1S/C15H25N3/c1-12(2)18-15-9-4-3-8-14(15)17-11-13-7-5-6-10-16-13/h5-7,10,12,14-15,17-18H,3-4,8-9,11H2,1-2H3. The van der Waals surface area contributed by atoms with Crippen molar-refractivity contribution in [2.45, 2.75) is 64.2 Å². The highest BCUT2D eigenvalue weighted by molar-refractivity contribution is 5.03. The Balaban J connectivity index is 1.85. The molecular weight excluding hydrogens is 222 g/mol. The van der Waals surface area contributed by atoms with Gasteiger partial charge >= 0.3 is 0 Å². The molecule has 0 saturated heterocycles. The van der Waals surface area contributed by atoms with Crippen molar-refractivity contribution < 1.29 is 0 Å². The maximum absolute atomic E-state index is 4.37. The molecule has 1 saturated carbocycles. The summed E-state index contributed by atoms with van der Waals surface area (Å²) >= 11 is 0. The summed E-state index contributed by atoms with van der Waals surface area (Å²) in [5, 5.41) is 7.35. The summed E-state index contributed by atoms with van der Waals surface area (Å²) in [6.07, 6.45) is 7.12. The van der Waals surface area contributed by atoms with Crippen LogP contribution >= 0.6 is 0 Å². The van der Waals surface area contributed by atoms with Gasteiger partial charge in [-0.15, -0.1) is 0 Å². The van der Waals surface area contributed by atoms with Crippen molar-refractivity contribution in [2.75, 3.05) is 0 Å². The van der Waals surface area contributed by atoms with Gasteiger partial charge in [0.05, 0.1) is 5.69 Å². The van der Waals surface area contributed by atoms with Crippen LogP contribution < -0.4 is 10.6 Å². The topological polar surface area (TPSA) is 37.0 Å². The van der Waals surface area contributed by atoms with Crippen LogP contribution in [-0.4, -0.2) is 23.1 Å². The fraction of sp³-hybridized carbons (Fsp3) is 0.667. The number of nitrogens with one attached hydrogen (secondary N) is 2. The summed E-state index contributed by atoms with van der Waals surface area (Å²) in [4.78, 5) is 4.37. The highest BCUT2D eigenvalue weighted by Crippen LogP contribution is 2.19. The zero-order valence-corrected chi connectivity index (χ0v) is 11.5. The number of rotatable bonds is 5. The molecule has 3 nitrogen and oxygen atoms in total. The Kier molecular flexibility index (Phi) is 5.14. The van der Waals surface area contributed by atoms with Crippen LogP contribution in [0.25, 0.3) is 0 Å². The smallest absolute Gasteiger partial charge is 0.0541 e. The zero-order valence-electron chi connectivity index (χ0n) is 11.5. The second-order valence-electron chi connectivity index (χ2n) is 5.52. The second-order valence-corrected chi connectivity index (χ2v) is 5.52. The molecule has 100 valence electrons. The normalized spacial score (nSPS) is 24.4. The summed E-state index contributed by atoms with van der Waals surface area (Å²) in [5.41, 5.74) is 1.13. The molecular formula is C15H25N3. The first-order chi connectivity index (χ1) is 8.75. The molecule has 18 heavy (non-hydrogen) atoms. The van der Waals surface area contributed by atoms with Crippen LogP contribution in [0.1, 0.15) is 45.2 Å². The van der Waals surface area contributed by atoms with E-state index in [-0.39, 0.29) is 0 Å². The van der Waals surface area contributed by atoms with Crippen molar-refractivity contribution in [1.29, 1.82) is 0 Å². The minimum Gasteiger partial charge on any atom is -0.310 e. The molecule has 1 aromatic heterocycles. The second kappa shape index (κ2) is 6.86. The molecule has 0 radical (unpaired) electrons. The minimum atomic E-state index is 0.562. The summed E-state index contributed by atoms with van der Waals surface area (Å²) < 4.78 is 0. The van der Waals surface area contributed by atoms with Gasteiger partial charge in [0, 0.05) is 30.9 Å². The SMILES string of the molecule is CC(C)NC1CCCCC1NCc1ccccn1. The molecule has 3 heteroatoms. The number of hydrogen-bond donors (Lipinski definition) is 2. The Labute approximate surface area is 110 Å². The highest BCUT2D eigenvalue weighted by atomic mass is 15.0. The minimum absolute atomic E-state index is 0.562. The van der Waals surface area contributed by atoms with E-state index in [4.69, 9.17) is 0 Å². The van der Waals surface area contributed by atoms with E-state index >= 15 is 0 Å². The number of pyridine rings is 1. The van der Waals surface area contributed by atoms with Crippen LogP contribution in [0.2, 0.25) is 0 Å². The fourth-order valence-electron chi connectivity index (χ4n) is 2.74. The van der Waals surface area contributed by atoms with Crippen molar-refractivity contribution in [2.24, 2.45) is 0 Å². The number of nitrogens with zero attached hydrogens (tertiary/aromatic N) is 1. The molecule has 0 amide bonds. The number of hydrogen-bond acceptors (Lipinski definition) is 3. The highest BCUT2D eigenvalue weighted by Gasteiger charge is 2.24. The van der Waals surface area contributed by atoms with Crippen molar-refractivity contribution >= 4 is 0 Å². The third kappa shape index (κ3) is 4.07. The Morgan fingerprint density at radius 2 is 2.00 bits per heavy atom. The molecule has 1 aromatic rings. The van der Waals surface area contributed by atoms with Crippen molar-refractivity contribution in [3.63, 3.8) is 0 Å². The van der Waals surface area contributed by atoms with E-state index in [0.29, 0.717) is 18.1 Å². The van der Waals surface area contributed by atoms with E-state index in [9.17, 15) is 0 Å². The van der Waals surface area contributed by atoms with Gasteiger partial charge in [0.2, 0.25) is 0 Å². The van der Waals surface area contributed by atoms with Gasteiger partial charge in [-0.25, -0.2) is 0 Å². The van der Waals surface area contributed by atoms with E-state index in [1.54, 1.807) is 0 Å². The van der Waals surface area contributed by atoms with Crippen LogP contribution in [0, 0.1) is 0 Å². The van der Waals surface area contributed by atoms with Crippen LogP contribution in [0.4, 0.5) is 0 Å². The van der Waals surface area contributed by atoms with Crippen LogP contribution in [0.3, 0.4) is 0 Å². The molecule has 0 spiro atoms. The van der Waals surface area contributed by atoms with Crippen LogP contribution in [0.5, 0.6) is 0 Å². The first-order valence-electron chi connectivity index (χ1n) is 7.15. The monoisotopic (exact) mass is 247 g/mol. The Hall–Kier alpha value is -0.930. The maximum Gasteiger partial charge on any atom is 0.0541 e. The van der Waals surface area contributed by atoms with Gasteiger partial charge in [-0.1, -0.05) is 32.8 Å². The van der Waals surface area contributed by atoms with Gasteiger partial charge in [0.25, 0.3) is 0 Å². The molecule has 1 aliphatic carbocycles. The van der Waals surface area contributed by atoms with Crippen molar-refractivity contribution in [3.8, 4) is 0 Å². The first kappa shape index (κ1) is 13.5. The average molecular weight is 247 g/mol. The quantitative estimate of drug-likeness (QED) is 0.839. The maximum atomic E-state index is 4.37. The van der Waals surface area contributed by atoms with E-state index in [1.807, 2.05) is 12.3 Å². The lowest BCUT2D eigenvalue weighted by molar-refractivity contribution is 0.269. The van der Waals surface area contributed by atoms with Gasteiger partial charge in [-0.3, -0.25) is 4.98 Å². The molecule has 1 aliphatic rings. The molecule has 2 N–H and O–H groups in total. The lowest BCUT2D eigenvalue weighted by Crippen LogP contribution is -2.51. The average Bonchev–Trinajstić information content (AvgIpc) is 2.38. The first-order valence-corrected chi connectivity index (χ1v) is 7.15. The molecule has 1 heterocycles. The van der Waals surface area contributed by atoms with E-state index < -0.39 is 0 Å². The third-order valence-corrected chi connectivity index (χ3v) is 3.58. The van der Waals surface area contributed by atoms with E-state index in [2.05, 4.69) is 41.6 Å². The van der Waals surface area contributed by atoms with Gasteiger partial charge < -0.3 is 10.6 Å². The van der Waals surface area contributed by atoms with Crippen LogP contribution in [0.15, 0.2) is 24.4 Å². The summed E-state index contributed by atoms with van der Waals surface area (Å²) in [6, 6.07) is 7.86. The lowest BCUT2D eigenvalue weighted by Gasteiger charge is -2.34. The van der Waals surface area contributed by atoms with Crippen molar-refractivity contribution in [1.82, 2.24) is 15.6 Å². The summed E-state index contributed by atoms with van der Waals surface area (Å²) in [6.45, 7) is 5.33. The fourth-order valence-corrected chi connectivity index (χ4v) is 2.74. The third-order valence-electron chi connectivity index (χ3n) is 3.58. The van der Waals surface area contributed by atoms with E-state index in [1.165, 1.54) is 25.7 Å². The van der Waals surface area contributed by atoms with Gasteiger partial charge in [0.1, 0.15) is 0 Å². The molecule has 0 bridgehead atoms. The zero-order chi connectivity index (χ0) is 12.8. The largest absolute Gasteiger partial charge is 0.310 e. The lowest BCUT2D eigenvalue weighted by atomic mass is 9.89. The summed E-state index contributed by atoms with van der Waals surface area (Å²) in [5.74, 6) is 0. The molecule has 2 rings (SSSR count). The van der Waals surface area contributed by atoms with Crippen molar-refractivity contribution in [3.05, 3.63) is 30.1 Å². The number of aromatic nitrogens is 1. The molecule has 0 aromatic carbocycles. The predicted octanol–water partition coefficient (Wildman–Crippen LogP) is 2.48. The van der Waals surface area contributed by atoms with Gasteiger partial charge in [0.15, 0.2) is 0 Å². The van der Waals surface area contributed by atoms with Gasteiger partial charge in [-0.05, 0) is 25.0 Å². The Morgan fingerprint density at radius 3 is 2.67 bits per heavy atom. The van der Waals surface area contributed by atoms with Gasteiger partial charge in [-0.2, -0.15) is 0 Å². The van der Waals surface area contributed by atoms with E-state index in [0.717, 1.165) is 12.2 Å².